The van der Waals surface area contributed by atoms with Crippen molar-refractivity contribution in [2.45, 2.75) is 0 Å². The molecule has 0 saturated heterocycles. The van der Waals surface area contributed by atoms with Crippen molar-refractivity contribution in [3.05, 3.63) is 48.0 Å². The molecule has 120 valence electrons. The average molecular weight is 331 g/mol. The van der Waals surface area contributed by atoms with Crippen molar-refractivity contribution in [1.82, 2.24) is 5.43 Å². The fourth-order valence-corrected chi connectivity index (χ4v) is 1.97. The summed E-state index contributed by atoms with van der Waals surface area (Å²) in [5.74, 6) is 1.17. The Morgan fingerprint density at radius 1 is 1.13 bits per heavy atom. The van der Waals surface area contributed by atoms with E-state index in [9.17, 15) is 5.11 Å². The number of anilines is 1. The van der Waals surface area contributed by atoms with Gasteiger partial charge >= 0.3 is 0 Å². The van der Waals surface area contributed by atoms with Gasteiger partial charge < -0.3 is 19.9 Å². The van der Waals surface area contributed by atoms with Gasteiger partial charge in [-0.05, 0) is 48.6 Å². The predicted molar refractivity (Wildman–Crippen MR) is 94.6 cm³/mol. The van der Waals surface area contributed by atoms with Gasteiger partial charge in [-0.25, -0.2) is 0 Å². The number of methoxy groups -OCH3 is 2. The maximum Gasteiger partial charge on any atom is 0.191 e. The Balaban J connectivity index is 1.93. The van der Waals surface area contributed by atoms with Crippen LogP contribution in [-0.2, 0) is 0 Å². The standard InChI is InChI=1S/C16H17N3O3S/c1-21-13-8-6-12(7-9-13)18-16(23)19-17-10-11-4-3-5-14(22-2)15(11)20/h3-10,20H,1-2H3,(H2,18,19,23). The lowest BCUT2D eigenvalue weighted by Crippen LogP contribution is -2.23. The van der Waals surface area contributed by atoms with Crippen LogP contribution in [0.15, 0.2) is 47.6 Å². The van der Waals surface area contributed by atoms with Gasteiger partial charge in [0.2, 0.25) is 0 Å². The van der Waals surface area contributed by atoms with E-state index in [-0.39, 0.29) is 5.75 Å². The lowest BCUT2D eigenvalue weighted by molar-refractivity contribution is 0.373. The number of hydrazone groups is 1. The first-order chi connectivity index (χ1) is 11.1. The summed E-state index contributed by atoms with van der Waals surface area (Å²) in [5, 5.41) is 17.2. The smallest absolute Gasteiger partial charge is 0.191 e. The number of hydrogen-bond acceptors (Lipinski definition) is 5. The van der Waals surface area contributed by atoms with Crippen molar-refractivity contribution in [1.29, 1.82) is 0 Å². The SMILES string of the molecule is COc1ccc(NC(=S)NN=Cc2cccc(OC)c2O)cc1. The molecule has 6 nitrogen and oxygen atoms in total. The number of rotatable bonds is 5. The zero-order valence-corrected chi connectivity index (χ0v) is 13.6. The Morgan fingerprint density at radius 3 is 2.52 bits per heavy atom. The number of benzene rings is 2. The fraction of sp³-hybridized carbons (Fsp3) is 0.125. The zero-order chi connectivity index (χ0) is 16.7. The normalized spacial score (nSPS) is 10.3. The summed E-state index contributed by atoms with van der Waals surface area (Å²) in [6.45, 7) is 0. The molecule has 0 atom stereocenters. The summed E-state index contributed by atoms with van der Waals surface area (Å²) in [6.07, 6.45) is 1.46. The van der Waals surface area contributed by atoms with Crippen LogP contribution in [0.4, 0.5) is 5.69 Å². The van der Waals surface area contributed by atoms with Crippen molar-refractivity contribution in [2.75, 3.05) is 19.5 Å². The summed E-state index contributed by atoms with van der Waals surface area (Å²) in [4.78, 5) is 0. The number of phenols is 1. The molecule has 2 aromatic carbocycles. The third kappa shape index (κ3) is 4.58. The molecule has 0 aliphatic heterocycles. The largest absolute Gasteiger partial charge is 0.504 e. The molecule has 0 aromatic heterocycles. The minimum atomic E-state index is 0.0228. The highest BCUT2D eigenvalue weighted by atomic mass is 32.1. The van der Waals surface area contributed by atoms with Crippen LogP contribution in [-0.4, -0.2) is 30.7 Å². The molecule has 3 N–H and O–H groups in total. The number of hydrogen-bond donors (Lipinski definition) is 3. The Morgan fingerprint density at radius 2 is 1.87 bits per heavy atom. The number of nitrogens with one attached hydrogen (secondary N) is 2. The van der Waals surface area contributed by atoms with Gasteiger partial charge in [0.1, 0.15) is 5.75 Å². The lowest BCUT2D eigenvalue weighted by Gasteiger charge is -2.08. The van der Waals surface area contributed by atoms with Crippen LogP contribution >= 0.6 is 12.2 Å². The van der Waals surface area contributed by atoms with Gasteiger partial charge in [0.25, 0.3) is 0 Å². The molecular formula is C16H17N3O3S. The van der Waals surface area contributed by atoms with E-state index >= 15 is 0 Å². The highest BCUT2D eigenvalue weighted by Crippen LogP contribution is 2.27. The second kappa shape index (κ2) is 8.00. The first-order valence-electron chi connectivity index (χ1n) is 6.74. The van der Waals surface area contributed by atoms with Crippen molar-refractivity contribution >= 4 is 29.2 Å². The topological polar surface area (TPSA) is 75.1 Å². The van der Waals surface area contributed by atoms with E-state index < -0.39 is 0 Å². The van der Waals surface area contributed by atoms with Gasteiger partial charge in [0.15, 0.2) is 16.6 Å². The highest BCUT2D eigenvalue weighted by molar-refractivity contribution is 7.80. The van der Waals surface area contributed by atoms with E-state index in [1.165, 1.54) is 13.3 Å². The number of para-hydroxylation sites is 1. The van der Waals surface area contributed by atoms with Crippen LogP contribution in [0.3, 0.4) is 0 Å². The Bertz CT molecular complexity index is 702. The molecule has 7 heteroatoms. The van der Waals surface area contributed by atoms with Crippen LogP contribution in [0.25, 0.3) is 0 Å². The first kappa shape index (κ1) is 16.6. The van der Waals surface area contributed by atoms with Crippen LogP contribution in [0.2, 0.25) is 0 Å². The quantitative estimate of drug-likeness (QED) is 0.444. The molecule has 0 bridgehead atoms. The van der Waals surface area contributed by atoms with Crippen LogP contribution in [0.5, 0.6) is 17.2 Å². The monoisotopic (exact) mass is 331 g/mol. The van der Waals surface area contributed by atoms with Crippen molar-refractivity contribution in [3.63, 3.8) is 0 Å². The van der Waals surface area contributed by atoms with Gasteiger partial charge in [0.05, 0.1) is 20.4 Å². The second-order valence-corrected chi connectivity index (χ2v) is 4.86. The van der Waals surface area contributed by atoms with Crippen LogP contribution in [0.1, 0.15) is 5.56 Å². The average Bonchev–Trinajstić information content (AvgIpc) is 2.57. The van der Waals surface area contributed by atoms with Crippen LogP contribution < -0.4 is 20.2 Å². The molecule has 0 fully saturated rings. The number of aromatic hydroxyl groups is 1. The van der Waals surface area contributed by atoms with E-state index in [0.717, 1.165) is 11.4 Å². The minimum absolute atomic E-state index is 0.0228. The molecular weight excluding hydrogens is 314 g/mol. The number of thiocarbonyl (C=S) groups is 1. The Hall–Kier alpha value is -2.80. The molecule has 2 aromatic rings. The van der Waals surface area contributed by atoms with Gasteiger partial charge in [-0.1, -0.05) is 6.07 Å². The number of ether oxygens (including phenoxy) is 2. The van der Waals surface area contributed by atoms with Gasteiger partial charge in [0, 0.05) is 11.3 Å². The van der Waals surface area contributed by atoms with E-state index in [2.05, 4.69) is 15.8 Å². The number of phenolic OH excluding ortho intramolecular Hbond substituents is 1. The molecule has 0 saturated carbocycles. The Labute approximate surface area is 139 Å². The molecule has 0 radical (unpaired) electrons. The molecule has 0 spiro atoms. The summed E-state index contributed by atoms with van der Waals surface area (Å²) in [7, 11) is 3.10. The zero-order valence-electron chi connectivity index (χ0n) is 12.7. The van der Waals surface area contributed by atoms with Gasteiger partial charge in [-0.2, -0.15) is 5.10 Å². The summed E-state index contributed by atoms with van der Waals surface area (Å²) >= 11 is 5.14. The fourth-order valence-electron chi connectivity index (χ4n) is 1.80. The minimum Gasteiger partial charge on any atom is -0.504 e. The number of nitrogens with zero attached hydrogens (tertiary/aromatic N) is 1. The van der Waals surface area contributed by atoms with Crippen molar-refractivity contribution in [2.24, 2.45) is 5.10 Å². The van der Waals surface area contributed by atoms with Crippen LogP contribution in [0, 0.1) is 0 Å². The maximum absolute atomic E-state index is 9.93. The predicted octanol–water partition coefficient (Wildman–Crippen LogP) is 2.73. The lowest BCUT2D eigenvalue weighted by atomic mass is 10.2. The molecule has 0 amide bonds. The van der Waals surface area contributed by atoms with Crippen molar-refractivity contribution < 1.29 is 14.6 Å². The molecule has 0 aliphatic rings. The maximum atomic E-state index is 9.93. The van der Waals surface area contributed by atoms with Gasteiger partial charge in [-0.15, -0.1) is 0 Å². The Kier molecular flexibility index (Phi) is 5.76. The van der Waals surface area contributed by atoms with E-state index in [0.29, 0.717) is 16.4 Å². The van der Waals surface area contributed by atoms with E-state index in [1.54, 1.807) is 25.3 Å². The highest BCUT2D eigenvalue weighted by Gasteiger charge is 2.04. The molecule has 0 heterocycles. The third-order valence-electron chi connectivity index (χ3n) is 2.97. The molecule has 2 rings (SSSR count). The van der Waals surface area contributed by atoms with E-state index in [1.807, 2.05) is 24.3 Å². The summed E-state index contributed by atoms with van der Waals surface area (Å²) in [5.41, 5.74) is 4.01. The van der Waals surface area contributed by atoms with E-state index in [4.69, 9.17) is 21.7 Å². The molecule has 0 unspecified atom stereocenters. The van der Waals surface area contributed by atoms with Gasteiger partial charge in [-0.3, -0.25) is 5.43 Å². The molecule has 0 aliphatic carbocycles. The van der Waals surface area contributed by atoms with Crippen molar-refractivity contribution in [3.8, 4) is 17.2 Å². The molecule has 23 heavy (non-hydrogen) atoms. The summed E-state index contributed by atoms with van der Waals surface area (Å²) < 4.78 is 10.1. The first-order valence-corrected chi connectivity index (χ1v) is 7.15. The summed E-state index contributed by atoms with van der Waals surface area (Å²) in [6, 6.07) is 12.5. The second-order valence-electron chi connectivity index (χ2n) is 4.45. The third-order valence-corrected chi connectivity index (χ3v) is 3.16.